The van der Waals surface area contributed by atoms with Gasteiger partial charge in [-0.1, -0.05) is 6.07 Å². The molecule has 0 radical (unpaired) electrons. The van der Waals surface area contributed by atoms with Crippen molar-refractivity contribution in [2.75, 3.05) is 7.11 Å². The van der Waals surface area contributed by atoms with Gasteiger partial charge in [0.2, 0.25) is 5.88 Å². The van der Waals surface area contributed by atoms with Crippen LogP contribution >= 0.6 is 22.6 Å². The predicted octanol–water partition coefficient (Wildman–Crippen LogP) is 2.00. The number of aromatic nitrogens is 1. The molecule has 0 saturated heterocycles. The summed E-state index contributed by atoms with van der Waals surface area (Å²) in [5.41, 5.74) is 1.07. The minimum absolute atomic E-state index is 0.715. The zero-order valence-corrected chi connectivity index (χ0v) is 8.05. The van der Waals surface area contributed by atoms with Crippen molar-refractivity contribution in [1.82, 2.24) is 4.98 Å². The second-order valence-corrected chi connectivity index (χ2v) is 3.07. The molecule has 54 valence electrons. The molecule has 10 heavy (non-hydrogen) atoms. The van der Waals surface area contributed by atoms with Crippen LogP contribution in [0.5, 0.6) is 5.88 Å². The molecule has 0 atom stereocenters. The van der Waals surface area contributed by atoms with Gasteiger partial charge >= 0.3 is 0 Å². The van der Waals surface area contributed by atoms with E-state index in [-0.39, 0.29) is 0 Å². The van der Waals surface area contributed by atoms with Gasteiger partial charge in [0.25, 0.3) is 0 Å². The van der Waals surface area contributed by atoms with Crippen LogP contribution in [0.25, 0.3) is 0 Å². The fourth-order valence-corrected chi connectivity index (χ4v) is 1.09. The Labute approximate surface area is 73.8 Å². The number of pyridine rings is 1. The number of aryl methyl sites for hydroxylation is 1. The van der Waals surface area contributed by atoms with Gasteiger partial charge in [0.05, 0.1) is 7.11 Å². The molecule has 0 saturated carbocycles. The van der Waals surface area contributed by atoms with Gasteiger partial charge in [0, 0.05) is 5.56 Å². The molecule has 0 bridgehead atoms. The summed E-state index contributed by atoms with van der Waals surface area (Å²) in [6, 6.07) is 3.95. The Balaban J connectivity index is 3.09. The van der Waals surface area contributed by atoms with E-state index in [1.807, 2.05) is 19.1 Å². The first-order chi connectivity index (χ1) is 4.74. The zero-order chi connectivity index (χ0) is 7.56. The number of methoxy groups -OCH3 is 1. The monoisotopic (exact) mass is 249 g/mol. The van der Waals surface area contributed by atoms with E-state index in [0.29, 0.717) is 5.88 Å². The lowest BCUT2D eigenvalue weighted by molar-refractivity contribution is 0.393. The van der Waals surface area contributed by atoms with Crippen molar-refractivity contribution in [2.24, 2.45) is 0 Å². The largest absolute Gasteiger partial charge is 0.481 e. The minimum atomic E-state index is 0.715. The van der Waals surface area contributed by atoms with E-state index in [1.54, 1.807) is 7.11 Å². The topological polar surface area (TPSA) is 22.1 Å². The van der Waals surface area contributed by atoms with Crippen LogP contribution in [0.2, 0.25) is 0 Å². The molecular weight excluding hydrogens is 241 g/mol. The lowest BCUT2D eigenvalue weighted by Crippen LogP contribution is -1.91. The molecule has 0 aliphatic heterocycles. The Morgan fingerprint density at radius 3 is 2.70 bits per heavy atom. The standard InChI is InChI=1S/C7H8INO/c1-5-3-4-6(8)9-7(5)10-2/h3-4H,1-2H3. The van der Waals surface area contributed by atoms with Crippen molar-refractivity contribution >= 4 is 22.6 Å². The van der Waals surface area contributed by atoms with Crippen LogP contribution in [0, 0.1) is 10.6 Å². The molecule has 0 unspecified atom stereocenters. The van der Waals surface area contributed by atoms with Gasteiger partial charge in [0.1, 0.15) is 3.70 Å². The summed E-state index contributed by atoms with van der Waals surface area (Å²) in [6.45, 7) is 1.97. The SMILES string of the molecule is COc1nc(I)ccc1C. The molecule has 1 aromatic rings. The van der Waals surface area contributed by atoms with Crippen LogP contribution in [0.4, 0.5) is 0 Å². The number of rotatable bonds is 1. The first-order valence-corrected chi connectivity index (χ1v) is 3.99. The number of hydrogen-bond acceptors (Lipinski definition) is 2. The summed E-state index contributed by atoms with van der Waals surface area (Å²) < 4.78 is 5.97. The van der Waals surface area contributed by atoms with E-state index in [4.69, 9.17) is 4.74 Å². The van der Waals surface area contributed by atoms with E-state index in [9.17, 15) is 0 Å². The van der Waals surface area contributed by atoms with Crippen molar-refractivity contribution in [3.8, 4) is 5.88 Å². The summed E-state index contributed by atoms with van der Waals surface area (Å²) in [5.74, 6) is 0.715. The summed E-state index contributed by atoms with van der Waals surface area (Å²) in [4.78, 5) is 4.16. The molecule has 3 heteroatoms. The van der Waals surface area contributed by atoms with Crippen molar-refractivity contribution in [2.45, 2.75) is 6.92 Å². The summed E-state index contributed by atoms with van der Waals surface area (Å²) in [6.07, 6.45) is 0. The molecule has 0 N–H and O–H groups in total. The molecule has 0 aliphatic carbocycles. The van der Waals surface area contributed by atoms with Crippen LogP contribution in [0.3, 0.4) is 0 Å². The second-order valence-electron chi connectivity index (χ2n) is 1.96. The van der Waals surface area contributed by atoms with E-state index in [1.165, 1.54) is 0 Å². The number of hydrogen-bond donors (Lipinski definition) is 0. The molecule has 2 nitrogen and oxygen atoms in total. The van der Waals surface area contributed by atoms with Crippen molar-refractivity contribution in [3.63, 3.8) is 0 Å². The smallest absolute Gasteiger partial charge is 0.216 e. The third kappa shape index (κ3) is 1.59. The highest BCUT2D eigenvalue weighted by atomic mass is 127. The molecule has 0 spiro atoms. The fourth-order valence-electron chi connectivity index (χ4n) is 0.694. The van der Waals surface area contributed by atoms with E-state index in [0.717, 1.165) is 9.26 Å². The highest BCUT2D eigenvalue weighted by molar-refractivity contribution is 14.1. The Kier molecular flexibility index (Phi) is 2.48. The van der Waals surface area contributed by atoms with Gasteiger partial charge in [-0.3, -0.25) is 0 Å². The highest BCUT2D eigenvalue weighted by Crippen LogP contribution is 2.14. The maximum Gasteiger partial charge on any atom is 0.216 e. The summed E-state index contributed by atoms with van der Waals surface area (Å²) >= 11 is 2.15. The van der Waals surface area contributed by atoms with Gasteiger partial charge in [-0.25, -0.2) is 4.98 Å². The summed E-state index contributed by atoms with van der Waals surface area (Å²) in [5, 5.41) is 0. The normalized spacial score (nSPS) is 9.50. The Morgan fingerprint density at radius 1 is 1.50 bits per heavy atom. The van der Waals surface area contributed by atoms with E-state index < -0.39 is 0 Å². The van der Waals surface area contributed by atoms with Crippen LogP contribution < -0.4 is 4.74 Å². The number of ether oxygens (including phenoxy) is 1. The van der Waals surface area contributed by atoms with Crippen LogP contribution in [-0.2, 0) is 0 Å². The molecule has 1 heterocycles. The quantitative estimate of drug-likeness (QED) is 0.561. The Bertz CT molecular complexity index is 237. The average molecular weight is 249 g/mol. The Hall–Kier alpha value is -0.320. The zero-order valence-electron chi connectivity index (χ0n) is 5.89. The average Bonchev–Trinajstić information content (AvgIpc) is 1.94. The second kappa shape index (κ2) is 3.18. The lowest BCUT2D eigenvalue weighted by atomic mass is 10.3. The van der Waals surface area contributed by atoms with Gasteiger partial charge in [-0.05, 0) is 35.6 Å². The van der Waals surface area contributed by atoms with Crippen LogP contribution in [0.15, 0.2) is 12.1 Å². The molecule has 0 aliphatic rings. The third-order valence-corrected chi connectivity index (χ3v) is 1.81. The molecular formula is C7H8INO. The first kappa shape index (κ1) is 7.78. The van der Waals surface area contributed by atoms with Crippen molar-refractivity contribution in [3.05, 3.63) is 21.4 Å². The van der Waals surface area contributed by atoms with E-state index >= 15 is 0 Å². The van der Waals surface area contributed by atoms with Crippen LogP contribution in [-0.4, -0.2) is 12.1 Å². The van der Waals surface area contributed by atoms with Gasteiger partial charge < -0.3 is 4.74 Å². The van der Waals surface area contributed by atoms with Crippen molar-refractivity contribution < 1.29 is 4.74 Å². The molecule has 0 amide bonds. The molecule has 0 fully saturated rings. The first-order valence-electron chi connectivity index (χ1n) is 2.91. The van der Waals surface area contributed by atoms with Gasteiger partial charge in [-0.2, -0.15) is 0 Å². The molecule has 0 aromatic carbocycles. The molecule has 1 rings (SSSR count). The molecule has 1 aromatic heterocycles. The van der Waals surface area contributed by atoms with Crippen molar-refractivity contribution in [1.29, 1.82) is 0 Å². The predicted molar refractivity (Wildman–Crippen MR) is 48.2 cm³/mol. The summed E-state index contributed by atoms with van der Waals surface area (Å²) in [7, 11) is 1.63. The van der Waals surface area contributed by atoms with Crippen LogP contribution in [0.1, 0.15) is 5.56 Å². The third-order valence-electron chi connectivity index (χ3n) is 1.21. The lowest BCUT2D eigenvalue weighted by Gasteiger charge is -2.01. The number of halogens is 1. The Morgan fingerprint density at radius 2 is 2.20 bits per heavy atom. The van der Waals surface area contributed by atoms with Gasteiger partial charge in [0.15, 0.2) is 0 Å². The maximum atomic E-state index is 5.01. The maximum absolute atomic E-state index is 5.01. The highest BCUT2D eigenvalue weighted by Gasteiger charge is 1.97. The van der Waals surface area contributed by atoms with Gasteiger partial charge in [-0.15, -0.1) is 0 Å². The van der Waals surface area contributed by atoms with E-state index in [2.05, 4.69) is 27.6 Å². The number of nitrogens with zero attached hydrogens (tertiary/aromatic N) is 1. The minimum Gasteiger partial charge on any atom is -0.481 e. The fraction of sp³-hybridized carbons (Fsp3) is 0.286.